The Morgan fingerprint density at radius 3 is 1.71 bits per heavy atom. The summed E-state index contributed by atoms with van der Waals surface area (Å²) in [5.74, 6) is -22.2. The molecule has 13 unspecified atom stereocenters. The molecule has 34 heteroatoms. The van der Waals surface area contributed by atoms with Gasteiger partial charge in [0.2, 0.25) is 70.9 Å². The molecule has 0 bridgehead atoms. The molecule has 33 nitrogen and oxygen atoms in total. The molecule has 3 rings (SSSR count). The number of nitrogens with one attached hydrogen (secondary N) is 10. The van der Waals surface area contributed by atoms with Gasteiger partial charge >= 0.3 is 47.5 Å². The standard InChI is InChI=1S/C60H95N13O20.Na/c1-8-32(4)20-15-13-11-9-10-12-14-16-23-41(74)65-38(28-46(81)82)53(85)71-50-35(7)64-54(86)40-22-19-25-73(40)58(90)47(31(2)3)69-57(89)49(34(6)61)68-43(76)30-63-51(83)36(26-44(77)78)66-42(75)29-62-52(84)37(27-45(79)80)67-56(88)48(33(5)60(92)93)70-55(87)39-21-17-18-24-72(39)59(50)91;/h14,16,31-40,47-50H,8-13,15,17-30,61H2,1-7H3,(H,62,84)(H,63,83)(H,64,86)(H,65,74)(H,66,75)(H,67,88)(H,68,76)(H,69,89)(H,70,87)(H,71,85)(H,77,78)(H,79,80)(H,81,82)(H,92,93);/q;+1/p-1/b16-14-;. The fraction of sp³-hybridized carbons (Fsp3) is 0.700. The monoisotopic (exact) mass is 1340 g/mol. The molecule has 12 amide bonds. The van der Waals surface area contributed by atoms with Crippen LogP contribution in [0.1, 0.15) is 158 Å². The molecule has 0 aliphatic carbocycles. The Kier molecular flexibility index (Phi) is 36.0. The van der Waals surface area contributed by atoms with Crippen molar-refractivity contribution in [3.05, 3.63) is 12.2 Å². The van der Waals surface area contributed by atoms with Crippen LogP contribution in [0.4, 0.5) is 0 Å². The third-order valence-corrected chi connectivity index (χ3v) is 16.3. The number of carbonyl (C=O) groups is 16. The van der Waals surface area contributed by atoms with Gasteiger partial charge in [-0.25, -0.2) is 0 Å². The maximum absolute atomic E-state index is 15.2. The van der Waals surface area contributed by atoms with Crippen molar-refractivity contribution >= 4 is 94.8 Å². The molecule has 520 valence electrons. The number of carboxylic acid groups (broad SMARTS) is 4. The van der Waals surface area contributed by atoms with E-state index in [0.29, 0.717) is 12.3 Å². The average Bonchev–Trinajstić information content (AvgIpc) is 1.32. The van der Waals surface area contributed by atoms with E-state index in [1.807, 2.05) is 16.0 Å². The van der Waals surface area contributed by atoms with Gasteiger partial charge in [0.25, 0.3) is 0 Å². The maximum atomic E-state index is 15.2. The van der Waals surface area contributed by atoms with Crippen LogP contribution >= 0.6 is 0 Å². The molecule has 0 aromatic heterocycles. The minimum absolute atomic E-state index is 0. The molecule has 94 heavy (non-hydrogen) atoms. The Morgan fingerprint density at radius 2 is 1.15 bits per heavy atom. The van der Waals surface area contributed by atoms with Crippen LogP contribution in [0.5, 0.6) is 0 Å². The number of carboxylic acids is 4. The normalized spacial score (nSPS) is 25.1. The number of hydrogen-bond donors (Lipinski definition) is 14. The summed E-state index contributed by atoms with van der Waals surface area (Å²) in [6.07, 6.45) is 8.16. The van der Waals surface area contributed by atoms with E-state index in [2.05, 4.69) is 51.1 Å². The quantitative estimate of drug-likeness (QED) is 0.0243. The van der Waals surface area contributed by atoms with Gasteiger partial charge in [-0.1, -0.05) is 78.4 Å². The largest absolute Gasteiger partial charge is 1.00 e. The molecule has 3 fully saturated rings. The minimum atomic E-state index is -2.15. The van der Waals surface area contributed by atoms with E-state index in [0.717, 1.165) is 61.7 Å². The fourth-order valence-corrected chi connectivity index (χ4v) is 10.7. The molecule has 0 spiro atoms. The number of piperidine rings is 1. The topological polar surface area (TPSA) is 510 Å². The van der Waals surface area contributed by atoms with E-state index in [1.54, 1.807) is 26.0 Å². The van der Waals surface area contributed by atoms with Crippen molar-refractivity contribution in [1.82, 2.24) is 63.0 Å². The maximum Gasteiger partial charge on any atom is 1.00 e. The first-order valence-corrected chi connectivity index (χ1v) is 31.6. The zero-order valence-electron chi connectivity index (χ0n) is 54.8. The summed E-state index contributed by atoms with van der Waals surface area (Å²) in [7, 11) is 0. The molecular weight excluding hydrogens is 1250 g/mol. The third kappa shape index (κ3) is 27.3. The first-order chi connectivity index (χ1) is 43.8. The van der Waals surface area contributed by atoms with Gasteiger partial charge in [0, 0.05) is 37.9 Å². The molecule has 0 saturated carbocycles. The number of unbranched alkanes of at least 4 members (excludes halogenated alkanes) is 5. The second-order valence-corrected chi connectivity index (χ2v) is 24.3. The number of nitrogens with zero attached hydrogens (tertiary/aromatic N) is 2. The Labute approximate surface area is 567 Å². The zero-order valence-corrected chi connectivity index (χ0v) is 56.8. The molecule has 13 atom stereocenters. The van der Waals surface area contributed by atoms with Gasteiger partial charge in [0.1, 0.15) is 54.4 Å². The molecule has 3 aliphatic heterocycles. The predicted molar refractivity (Wildman–Crippen MR) is 326 cm³/mol. The van der Waals surface area contributed by atoms with Crippen molar-refractivity contribution in [3.8, 4) is 0 Å². The Balaban J connectivity index is 0.0000301. The first kappa shape index (κ1) is 82.3. The molecular formula is C60H94N13NaO20. The van der Waals surface area contributed by atoms with Crippen molar-refractivity contribution in [1.29, 1.82) is 0 Å². The molecule has 3 saturated heterocycles. The molecule has 3 heterocycles. The van der Waals surface area contributed by atoms with Gasteiger partial charge in [0.05, 0.1) is 37.9 Å². The van der Waals surface area contributed by atoms with Gasteiger partial charge in [-0.15, -0.1) is 0 Å². The molecule has 0 radical (unpaired) electrons. The fourth-order valence-electron chi connectivity index (χ4n) is 10.7. The average molecular weight is 1340 g/mol. The van der Waals surface area contributed by atoms with Gasteiger partial charge in [0.15, 0.2) is 0 Å². The van der Waals surface area contributed by atoms with Crippen molar-refractivity contribution < 1.29 is 127 Å². The van der Waals surface area contributed by atoms with Crippen LogP contribution < -0.4 is 93.6 Å². The number of rotatable bonds is 24. The molecule has 15 N–H and O–H groups in total. The number of hydrogen-bond acceptors (Lipinski definition) is 18. The van der Waals surface area contributed by atoms with Gasteiger partial charge in [-0.05, 0) is 77.6 Å². The molecule has 3 aliphatic rings. The van der Waals surface area contributed by atoms with Gasteiger partial charge in [-0.2, -0.15) is 0 Å². The summed E-state index contributed by atoms with van der Waals surface area (Å²) in [5.41, 5.74) is 6.11. The van der Waals surface area contributed by atoms with E-state index >= 15 is 4.79 Å². The number of amides is 12. The minimum Gasteiger partial charge on any atom is -0.550 e. The smallest absolute Gasteiger partial charge is 0.550 e. The number of fused-ring (bicyclic) bond motifs is 2. The van der Waals surface area contributed by atoms with E-state index < -0.39 is 205 Å². The van der Waals surface area contributed by atoms with Crippen LogP contribution in [-0.2, 0) is 76.7 Å². The second kappa shape index (κ2) is 41.1. The number of allylic oxidation sites excluding steroid dienone is 1. The van der Waals surface area contributed by atoms with Crippen LogP contribution in [0.15, 0.2) is 12.2 Å². The van der Waals surface area contributed by atoms with Gasteiger partial charge < -0.3 is 93.9 Å². The zero-order chi connectivity index (χ0) is 69.8. The predicted octanol–water partition coefficient (Wildman–Crippen LogP) is -6.96. The third-order valence-electron chi connectivity index (χ3n) is 16.3. The van der Waals surface area contributed by atoms with Crippen molar-refractivity contribution in [3.63, 3.8) is 0 Å². The summed E-state index contributed by atoms with van der Waals surface area (Å²) >= 11 is 0. The van der Waals surface area contributed by atoms with Crippen LogP contribution in [0, 0.1) is 17.8 Å². The van der Waals surface area contributed by atoms with Gasteiger partial charge in [-0.3, -0.25) is 71.9 Å². The summed E-state index contributed by atoms with van der Waals surface area (Å²) in [4.78, 5) is 218. The second-order valence-electron chi connectivity index (χ2n) is 24.3. The van der Waals surface area contributed by atoms with E-state index in [-0.39, 0.29) is 81.2 Å². The summed E-state index contributed by atoms with van der Waals surface area (Å²) in [6, 6.07) is -18.7. The van der Waals surface area contributed by atoms with E-state index in [1.165, 1.54) is 13.8 Å². The number of nitrogens with two attached hydrogens (primary N) is 1. The Bertz CT molecular complexity index is 2750. The summed E-state index contributed by atoms with van der Waals surface area (Å²) in [5, 5.41) is 64.4. The summed E-state index contributed by atoms with van der Waals surface area (Å²) in [6.45, 7) is 8.70. The van der Waals surface area contributed by atoms with Crippen LogP contribution in [0.25, 0.3) is 0 Å². The van der Waals surface area contributed by atoms with E-state index in [4.69, 9.17) is 5.73 Å². The first-order valence-electron chi connectivity index (χ1n) is 31.6. The Hall–Kier alpha value is -7.78. The molecule has 0 aromatic rings. The van der Waals surface area contributed by atoms with E-state index in [9.17, 15) is 92.3 Å². The SMILES string of the molecule is CCC(C)CCCCCCC/C=C\CC(=O)NC(CC(=O)[O-])C(=O)NC1C(=O)N2CCCCC2C(=O)NC(C(C)C(=O)O)C(=O)NC(CC(=O)O)C(=O)NCC(=O)NC(CC(=O)O)C(=O)NCC(=O)NC(C(C)N)C(=O)NC(C(C)C)C(=O)N2CCCC2C(=O)NC1C.[Na+]. The molecule has 0 aromatic carbocycles. The van der Waals surface area contributed by atoms with Crippen molar-refractivity contribution in [2.75, 3.05) is 26.2 Å². The van der Waals surface area contributed by atoms with Crippen molar-refractivity contribution in [2.24, 2.45) is 23.5 Å². The van der Waals surface area contributed by atoms with Crippen LogP contribution in [0.3, 0.4) is 0 Å². The number of aliphatic carboxylic acids is 4. The van der Waals surface area contributed by atoms with Crippen LogP contribution in [-0.4, -0.2) is 213 Å². The Morgan fingerprint density at radius 1 is 0.628 bits per heavy atom. The summed E-state index contributed by atoms with van der Waals surface area (Å²) < 4.78 is 0. The number of carbonyl (C=O) groups excluding carboxylic acids is 13. The van der Waals surface area contributed by atoms with Crippen LogP contribution in [0.2, 0.25) is 0 Å². The van der Waals surface area contributed by atoms with Crippen molar-refractivity contribution in [2.45, 2.75) is 224 Å².